The molecule has 2 aliphatic carbocycles. The van der Waals surface area contributed by atoms with Gasteiger partial charge < -0.3 is 10.1 Å². The Kier molecular flexibility index (Phi) is 5.34. The van der Waals surface area contributed by atoms with E-state index >= 15 is 0 Å². The van der Waals surface area contributed by atoms with Gasteiger partial charge in [0.2, 0.25) is 5.91 Å². The number of nitrogens with one attached hydrogen (secondary N) is 1. The van der Waals surface area contributed by atoms with Crippen molar-refractivity contribution in [1.29, 1.82) is 0 Å². The average Bonchev–Trinajstić information content (AvgIpc) is 3.53. The number of thioether (sulfide) groups is 1. The minimum absolute atomic E-state index is 0.0384. The number of fused-ring (bicyclic) bond motifs is 6. The molecule has 33 heavy (non-hydrogen) atoms. The molecule has 0 saturated heterocycles. The van der Waals surface area contributed by atoms with Crippen molar-refractivity contribution in [3.05, 3.63) is 74.7 Å². The lowest BCUT2D eigenvalue weighted by molar-refractivity contribution is -0.116. The number of nitrogens with zero attached hydrogens (tertiary/aromatic N) is 1. The van der Waals surface area contributed by atoms with E-state index in [9.17, 15) is 9.59 Å². The number of hydrogen-bond acceptors (Lipinski definition) is 5. The highest BCUT2D eigenvalue weighted by atomic mass is 32.2. The first-order chi connectivity index (χ1) is 16.1. The van der Waals surface area contributed by atoms with Crippen LogP contribution < -0.4 is 14.9 Å². The second kappa shape index (κ2) is 8.37. The number of amides is 1. The zero-order valence-corrected chi connectivity index (χ0v) is 20.0. The topological polar surface area (TPSA) is 60.3 Å². The van der Waals surface area contributed by atoms with Gasteiger partial charge in [0.15, 0.2) is 0 Å². The number of benzene rings is 2. The Hall–Kier alpha value is -2.51. The van der Waals surface area contributed by atoms with Crippen LogP contribution in [0, 0.1) is 17.8 Å². The molecule has 0 spiro atoms. The molecule has 2 aromatic carbocycles. The molecule has 2 bridgehead atoms. The van der Waals surface area contributed by atoms with Crippen molar-refractivity contribution in [3.63, 3.8) is 0 Å². The quantitative estimate of drug-likeness (QED) is 0.547. The maximum absolute atomic E-state index is 13.2. The molecule has 0 radical (unpaired) electrons. The van der Waals surface area contributed by atoms with E-state index in [0.717, 1.165) is 21.3 Å². The van der Waals surface area contributed by atoms with Crippen LogP contribution in [0.5, 0.6) is 5.75 Å². The summed E-state index contributed by atoms with van der Waals surface area (Å²) in [6, 6.07) is 17.6. The lowest BCUT2D eigenvalue weighted by Gasteiger charge is -2.40. The van der Waals surface area contributed by atoms with E-state index in [-0.39, 0.29) is 23.2 Å². The summed E-state index contributed by atoms with van der Waals surface area (Å²) in [5.74, 6) is 2.76. The van der Waals surface area contributed by atoms with Gasteiger partial charge in [-0.15, -0.1) is 11.8 Å². The van der Waals surface area contributed by atoms with Crippen molar-refractivity contribution in [3.8, 4) is 5.75 Å². The van der Waals surface area contributed by atoms with E-state index in [0.29, 0.717) is 23.0 Å². The van der Waals surface area contributed by atoms with Gasteiger partial charge in [0.05, 0.1) is 12.1 Å². The smallest absolute Gasteiger partial charge is 0.308 e. The predicted octanol–water partition coefficient (Wildman–Crippen LogP) is 5.21. The molecule has 2 saturated carbocycles. The fourth-order valence-corrected chi connectivity index (χ4v) is 9.37. The number of aromatic nitrogens is 1. The number of anilines is 1. The molecule has 170 valence electrons. The van der Waals surface area contributed by atoms with Gasteiger partial charge in [-0.1, -0.05) is 47.7 Å². The molecule has 1 N–H and O–H groups in total. The van der Waals surface area contributed by atoms with Crippen LogP contribution in [-0.4, -0.2) is 22.8 Å². The van der Waals surface area contributed by atoms with Crippen molar-refractivity contribution in [2.45, 2.75) is 42.0 Å². The van der Waals surface area contributed by atoms with E-state index < -0.39 is 0 Å². The molecule has 2 heterocycles. The van der Waals surface area contributed by atoms with Gasteiger partial charge >= 0.3 is 4.87 Å². The summed E-state index contributed by atoms with van der Waals surface area (Å²) in [6.45, 7) is 0.0384. The number of carbonyl (C=O) groups excluding carboxylic acids is 1. The molecule has 5 atom stereocenters. The minimum Gasteiger partial charge on any atom is -0.496 e. The largest absolute Gasteiger partial charge is 0.496 e. The molecule has 2 fully saturated rings. The number of thiazole rings is 1. The SMILES string of the molecule is COc1ccccc1C1c2sc(=O)n(CC(=O)Nc3ccccc3)c2SC2C3CCC(C3)C12. The van der Waals surface area contributed by atoms with Crippen LogP contribution in [0.15, 0.2) is 64.4 Å². The Morgan fingerprint density at radius 3 is 2.67 bits per heavy atom. The maximum atomic E-state index is 13.2. The molecule has 3 aromatic rings. The highest BCUT2D eigenvalue weighted by molar-refractivity contribution is 8.00. The highest BCUT2D eigenvalue weighted by Gasteiger charge is 2.55. The third kappa shape index (κ3) is 3.53. The van der Waals surface area contributed by atoms with Crippen LogP contribution in [0.2, 0.25) is 0 Å². The van der Waals surface area contributed by atoms with E-state index in [1.807, 2.05) is 54.2 Å². The highest BCUT2D eigenvalue weighted by Crippen LogP contribution is 2.64. The van der Waals surface area contributed by atoms with Crippen LogP contribution in [0.1, 0.15) is 35.6 Å². The summed E-state index contributed by atoms with van der Waals surface area (Å²) in [7, 11) is 1.72. The fourth-order valence-electron chi connectivity index (χ4n) is 6.22. The van der Waals surface area contributed by atoms with Crippen molar-refractivity contribution in [1.82, 2.24) is 4.57 Å². The summed E-state index contributed by atoms with van der Waals surface area (Å²) in [5.41, 5.74) is 1.92. The molecule has 7 heteroatoms. The van der Waals surface area contributed by atoms with Gasteiger partial charge in [-0.05, 0) is 55.2 Å². The molecular formula is C26H26N2O3S2. The van der Waals surface area contributed by atoms with Crippen molar-refractivity contribution in [2.24, 2.45) is 17.8 Å². The first kappa shape index (κ1) is 21.1. The summed E-state index contributed by atoms with van der Waals surface area (Å²) < 4.78 is 7.46. The molecule has 1 aromatic heterocycles. The van der Waals surface area contributed by atoms with Crippen LogP contribution >= 0.6 is 23.1 Å². The molecule has 6 rings (SSSR count). The van der Waals surface area contributed by atoms with E-state index in [1.165, 1.54) is 36.2 Å². The Morgan fingerprint density at radius 1 is 1.09 bits per heavy atom. The van der Waals surface area contributed by atoms with Gasteiger partial charge in [0, 0.05) is 27.3 Å². The number of hydrogen-bond donors (Lipinski definition) is 1. The first-order valence-corrected chi connectivity index (χ1v) is 13.2. The number of rotatable bonds is 5. The monoisotopic (exact) mass is 478 g/mol. The Balaban J connectivity index is 1.40. The summed E-state index contributed by atoms with van der Waals surface area (Å²) in [6.07, 6.45) is 3.83. The van der Waals surface area contributed by atoms with Gasteiger partial charge in [-0.2, -0.15) is 0 Å². The second-order valence-electron chi connectivity index (χ2n) is 9.25. The van der Waals surface area contributed by atoms with Gasteiger partial charge in [-0.3, -0.25) is 14.2 Å². The second-order valence-corrected chi connectivity index (χ2v) is 11.4. The third-order valence-electron chi connectivity index (χ3n) is 7.52. The predicted molar refractivity (Wildman–Crippen MR) is 132 cm³/mol. The Labute approximate surface area is 201 Å². The standard InChI is InChI=1S/C26H26N2O3S2/c1-31-19-10-6-5-9-18(19)22-21-15-11-12-16(13-15)23(21)32-25-24(22)33-26(30)28(25)14-20(29)27-17-7-3-2-4-8-17/h2-10,15-16,21-23H,11-14H2,1H3,(H,27,29). The molecule has 1 aliphatic heterocycles. The van der Waals surface area contributed by atoms with Crippen molar-refractivity contribution >= 4 is 34.7 Å². The zero-order chi connectivity index (χ0) is 22.5. The molecule has 3 aliphatic rings. The number of carbonyl (C=O) groups is 1. The number of ether oxygens (including phenoxy) is 1. The number of methoxy groups -OCH3 is 1. The zero-order valence-electron chi connectivity index (χ0n) is 18.4. The fraction of sp³-hybridized carbons (Fsp3) is 0.385. The molecule has 1 amide bonds. The molecule has 5 nitrogen and oxygen atoms in total. The summed E-state index contributed by atoms with van der Waals surface area (Å²) in [5, 5.41) is 4.40. The lowest BCUT2D eigenvalue weighted by Crippen LogP contribution is -2.35. The maximum Gasteiger partial charge on any atom is 0.308 e. The first-order valence-electron chi connectivity index (χ1n) is 11.5. The minimum atomic E-state index is -0.173. The molecule has 5 unspecified atom stereocenters. The normalized spacial score (nSPS) is 27.1. The summed E-state index contributed by atoms with van der Waals surface area (Å²) in [4.78, 5) is 27.1. The van der Waals surface area contributed by atoms with E-state index in [2.05, 4.69) is 17.4 Å². The van der Waals surface area contributed by atoms with E-state index in [4.69, 9.17) is 4.74 Å². The number of para-hydroxylation sites is 2. The van der Waals surface area contributed by atoms with Gasteiger partial charge in [0.25, 0.3) is 0 Å². The Morgan fingerprint density at radius 2 is 1.85 bits per heavy atom. The van der Waals surface area contributed by atoms with Crippen LogP contribution in [0.25, 0.3) is 0 Å². The van der Waals surface area contributed by atoms with Crippen molar-refractivity contribution < 1.29 is 9.53 Å². The molecular weight excluding hydrogens is 452 g/mol. The van der Waals surface area contributed by atoms with Crippen molar-refractivity contribution in [2.75, 3.05) is 12.4 Å². The van der Waals surface area contributed by atoms with Gasteiger partial charge in [-0.25, -0.2) is 0 Å². The lowest BCUT2D eigenvalue weighted by atomic mass is 9.74. The van der Waals surface area contributed by atoms with Crippen LogP contribution in [0.4, 0.5) is 5.69 Å². The van der Waals surface area contributed by atoms with E-state index in [1.54, 1.807) is 11.7 Å². The van der Waals surface area contributed by atoms with Crippen LogP contribution in [-0.2, 0) is 11.3 Å². The van der Waals surface area contributed by atoms with Gasteiger partial charge in [0.1, 0.15) is 12.3 Å². The van der Waals surface area contributed by atoms with Crippen LogP contribution in [0.3, 0.4) is 0 Å². The Bertz CT molecular complexity index is 1250. The third-order valence-corrected chi connectivity index (χ3v) is 10.4. The summed E-state index contributed by atoms with van der Waals surface area (Å²) >= 11 is 3.17. The average molecular weight is 479 g/mol.